The summed E-state index contributed by atoms with van der Waals surface area (Å²) in [5.41, 5.74) is 6.10. The van der Waals surface area contributed by atoms with E-state index in [1.165, 1.54) is 0 Å². The third-order valence-electron chi connectivity index (χ3n) is 5.04. The van der Waals surface area contributed by atoms with Gasteiger partial charge in [0.05, 0.1) is 18.3 Å². The zero-order chi connectivity index (χ0) is 17.1. The summed E-state index contributed by atoms with van der Waals surface area (Å²) in [6.45, 7) is 1.04. The molecular weight excluding hydrogens is 328 g/mol. The third-order valence-corrected chi connectivity index (χ3v) is 5.27. The Balaban J connectivity index is 1.80. The Labute approximate surface area is 148 Å². The minimum absolute atomic E-state index is 0.0384. The van der Waals surface area contributed by atoms with Gasteiger partial charge >= 0.3 is 0 Å². The highest BCUT2D eigenvalue weighted by Gasteiger charge is 2.44. The number of benzene rings is 1. The van der Waals surface area contributed by atoms with Crippen molar-refractivity contribution < 1.29 is 14.3 Å². The molecule has 6 heteroatoms. The molecule has 2 heterocycles. The monoisotopic (exact) mass is 352 g/mol. The first-order chi connectivity index (χ1) is 11.6. The van der Waals surface area contributed by atoms with Gasteiger partial charge in [-0.25, -0.2) is 0 Å². The first-order valence-corrected chi connectivity index (χ1v) is 8.99. The SMILES string of the molecule is COC1C[C@H]2CC[C@@H](C1)N2C(=O)c1ccc(Cl)cc1OCCCN. The maximum absolute atomic E-state index is 13.2. The number of nitrogens with two attached hydrogens (primary N) is 1. The number of hydrogen-bond acceptors (Lipinski definition) is 4. The smallest absolute Gasteiger partial charge is 0.258 e. The number of ether oxygens (including phenoxy) is 2. The summed E-state index contributed by atoms with van der Waals surface area (Å²) in [4.78, 5) is 15.2. The van der Waals surface area contributed by atoms with Gasteiger partial charge in [0, 0.05) is 24.2 Å². The van der Waals surface area contributed by atoms with E-state index in [1.807, 2.05) is 4.90 Å². The van der Waals surface area contributed by atoms with Crippen molar-refractivity contribution in [3.8, 4) is 5.75 Å². The van der Waals surface area contributed by atoms with E-state index in [0.717, 1.165) is 32.1 Å². The van der Waals surface area contributed by atoms with E-state index in [1.54, 1.807) is 25.3 Å². The van der Waals surface area contributed by atoms with Crippen molar-refractivity contribution in [3.63, 3.8) is 0 Å². The normalized spacial score (nSPS) is 25.8. The van der Waals surface area contributed by atoms with Crippen LogP contribution in [0.25, 0.3) is 0 Å². The number of hydrogen-bond donors (Lipinski definition) is 1. The molecular formula is C18H25ClN2O3. The Kier molecular flexibility index (Phi) is 5.64. The Morgan fingerprint density at radius 3 is 2.67 bits per heavy atom. The molecule has 0 aromatic heterocycles. The van der Waals surface area contributed by atoms with Crippen LogP contribution in [0.1, 0.15) is 42.5 Å². The first kappa shape index (κ1) is 17.5. The number of nitrogens with zero attached hydrogens (tertiary/aromatic N) is 1. The van der Waals surface area contributed by atoms with Crippen LogP contribution < -0.4 is 10.5 Å². The first-order valence-electron chi connectivity index (χ1n) is 8.62. The predicted octanol–water partition coefficient (Wildman–Crippen LogP) is 2.85. The van der Waals surface area contributed by atoms with Crippen molar-refractivity contribution in [3.05, 3.63) is 28.8 Å². The predicted molar refractivity (Wildman–Crippen MR) is 93.6 cm³/mol. The average molecular weight is 353 g/mol. The second-order valence-corrected chi connectivity index (χ2v) is 6.99. The van der Waals surface area contributed by atoms with Gasteiger partial charge in [-0.05, 0) is 56.8 Å². The second-order valence-electron chi connectivity index (χ2n) is 6.56. The molecule has 0 radical (unpaired) electrons. The second kappa shape index (κ2) is 7.72. The maximum Gasteiger partial charge on any atom is 0.258 e. The van der Waals surface area contributed by atoms with E-state index in [-0.39, 0.29) is 24.1 Å². The lowest BCUT2D eigenvalue weighted by molar-refractivity contribution is 0.00807. The van der Waals surface area contributed by atoms with Crippen molar-refractivity contribution >= 4 is 17.5 Å². The number of amides is 1. The molecule has 132 valence electrons. The third kappa shape index (κ3) is 3.53. The molecule has 0 aliphatic carbocycles. The molecule has 5 nitrogen and oxygen atoms in total. The fraction of sp³-hybridized carbons (Fsp3) is 0.611. The average Bonchev–Trinajstić information content (AvgIpc) is 2.84. The molecule has 2 N–H and O–H groups in total. The molecule has 2 bridgehead atoms. The van der Waals surface area contributed by atoms with Crippen LogP contribution in [0.3, 0.4) is 0 Å². The van der Waals surface area contributed by atoms with Crippen molar-refractivity contribution in [1.29, 1.82) is 0 Å². The van der Waals surface area contributed by atoms with E-state index in [9.17, 15) is 4.79 Å². The van der Waals surface area contributed by atoms with Gasteiger partial charge in [-0.15, -0.1) is 0 Å². The van der Waals surface area contributed by atoms with Crippen LogP contribution in [0.15, 0.2) is 18.2 Å². The molecule has 2 aliphatic heterocycles. The molecule has 2 fully saturated rings. The maximum atomic E-state index is 13.2. The number of carbonyl (C=O) groups is 1. The van der Waals surface area contributed by atoms with Gasteiger partial charge in [0.15, 0.2) is 0 Å². The van der Waals surface area contributed by atoms with Crippen LogP contribution in [-0.2, 0) is 4.74 Å². The number of piperidine rings is 1. The van der Waals surface area contributed by atoms with Gasteiger partial charge in [0.25, 0.3) is 5.91 Å². The van der Waals surface area contributed by atoms with Crippen molar-refractivity contribution in [1.82, 2.24) is 4.90 Å². The number of fused-ring (bicyclic) bond motifs is 2. The fourth-order valence-electron chi connectivity index (χ4n) is 3.85. The molecule has 1 aromatic carbocycles. The number of halogens is 1. The lowest BCUT2D eigenvalue weighted by atomic mass is 9.98. The minimum atomic E-state index is 0.0384. The number of rotatable bonds is 6. The highest BCUT2D eigenvalue weighted by Crippen LogP contribution is 2.39. The Morgan fingerprint density at radius 2 is 2.04 bits per heavy atom. The Hall–Kier alpha value is -1.30. The molecule has 3 atom stereocenters. The van der Waals surface area contributed by atoms with E-state index in [0.29, 0.717) is 29.5 Å². The summed E-state index contributed by atoms with van der Waals surface area (Å²) in [5, 5.41) is 0.565. The van der Waals surface area contributed by atoms with E-state index >= 15 is 0 Å². The summed E-state index contributed by atoms with van der Waals surface area (Å²) in [5.74, 6) is 0.589. The van der Waals surface area contributed by atoms with Crippen LogP contribution in [0.2, 0.25) is 5.02 Å². The van der Waals surface area contributed by atoms with Gasteiger partial charge in [-0.2, -0.15) is 0 Å². The van der Waals surface area contributed by atoms with Gasteiger partial charge in [-0.3, -0.25) is 4.79 Å². The summed E-state index contributed by atoms with van der Waals surface area (Å²) < 4.78 is 11.3. The molecule has 1 amide bonds. The van der Waals surface area contributed by atoms with Gasteiger partial charge in [0.2, 0.25) is 0 Å². The topological polar surface area (TPSA) is 64.8 Å². The lowest BCUT2D eigenvalue weighted by Crippen LogP contribution is -2.48. The van der Waals surface area contributed by atoms with Crippen LogP contribution >= 0.6 is 11.6 Å². The van der Waals surface area contributed by atoms with Crippen LogP contribution in [0.4, 0.5) is 0 Å². The molecule has 0 saturated carbocycles. The molecule has 24 heavy (non-hydrogen) atoms. The molecule has 0 spiro atoms. The Bertz CT molecular complexity index is 582. The number of methoxy groups -OCH3 is 1. The zero-order valence-electron chi connectivity index (χ0n) is 14.0. The molecule has 1 unspecified atom stereocenters. The standard InChI is InChI=1S/C18H25ClN2O3/c1-23-15-10-13-4-5-14(11-15)21(13)18(22)16-6-3-12(19)9-17(16)24-8-2-7-20/h3,6,9,13-15H,2,4-5,7-8,10-11,20H2,1H3/t13-,14+,15?. The van der Waals surface area contributed by atoms with E-state index < -0.39 is 0 Å². The summed E-state index contributed by atoms with van der Waals surface area (Å²) in [6, 6.07) is 5.75. The highest BCUT2D eigenvalue weighted by molar-refractivity contribution is 6.30. The molecule has 2 aliphatic rings. The molecule has 2 saturated heterocycles. The minimum Gasteiger partial charge on any atom is -0.493 e. The van der Waals surface area contributed by atoms with E-state index in [2.05, 4.69) is 0 Å². The molecule has 1 aromatic rings. The van der Waals surface area contributed by atoms with Crippen LogP contribution in [-0.4, -0.2) is 49.3 Å². The fourth-order valence-corrected chi connectivity index (χ4v) is 4.01. The summed E-state index contributed by atoms with van der Waals surface area (Å²) >= 11 is 6.08. The van der Waals surface area contributed by atoms with Gasteiger partial charge in [0.1, 0.15) is 5.75 Å². The van der Waals surface area contributed by atoms with Crippen molar-refractivity contribution in [2.45, 2.75) is 50.3 Å². The van der Waals surface area contributed by atoms with Crippen LogP contribution in [0.5, 0.6) is 5.75 Å². The lowest BCUT2D eigenvalue weighted by Gasteiger charge is -2.38. The largest absolute Gasteiger partial charge is 0.493 e. The summed E-state index contributed by atoms with van der Waals surface area (Å²) in [6.07, 6.45) is 4.92. The Morgan fingerprint density at radius 1 is 1.33 bits per heavy atom. The quantitative estimate of drug-likeness (QED) is 0.799. The van der Waals surface area contributed by atoms with Gasteiger partial charge in [-0.1, -0.05) is 11.6 Å². The van der Waals surface area contributed by atoms with Crippen molar-refractivity contribution in [2.75, 3.05) is 20.3 Å². The van der Waals surface area contributed by atoms with E-state index in [4.69, 9.17) is 26.8 Å². The zero-order valence-corrected chi connectivity index (χ0v) is 14.8. The van der Waals surface area contributed by atoms with Gasteiger partial charge < -0.3 is 20.1 Å². The number of carbonyl (C=O) groups excluding carboxylic acids is 1. The summed E-state index contributed by atoms with van der Waals surface area (Å²) in [7, 11) is 1.75. The molecule has 3 rings (SSSR count). The van der Waals surface area contributed by atoms with Crippen molar-refractivity contribution in [2.24, 2.45) is 5.73 Å². The highest BCUT2D eigenvalue weighted by atomic mass is 35.5. The van der Waals surface area contributed by atoms with Crippen LogP contribution in [0, 0.1) is 0 Å².